The van der Waals surface area contributed by atoms with Gasteiger partial charge in [-0.2, -0.15) is 13.2 Å². The summed E-state index contributed by atoms with van der Waals surface area (Å²) in [5.74, 6) is 0. The monoisotopic (exact) mass is 252 g/mol. The lowest BCUT2D eigenvalue weighted by molar-refractivity contribution is -0.136. The number of halogens is 3. The smallest absolute Gasteiger partial charge is 0.313 e. The maximum absolute atomic E-state index is 12.1. The van der Waals surface area contributed by atoms with Gasteiger partial charge in [-0.25, -0.2) is 0 Å². The van der Waals surface area contributed by atoms with E-state index in [2.05, 4.69) is 24.1 Å². The van der Waals surface area contributed by atoms with Crippen molar-refractivity contribution in [2.75, 3.05) is 19.6 Å². The molecule has 102 valence electrons. The summed E-state index contributed by atoms with van der Waals surface area (Å²) in [7, 11) is 0. The molecule has 5 heteroatoms. The maximum Gasteiger partial charge on any atom is 0.389 e. The minimum absolute atomic E-state index is 0.213. The molecular formula is C12H23F3N2. The van der Waals surface area contributed by atoms with Gasteiger partial charge in [0.1, 0.15) is 0 Å². The van der Waals surface area contributed by atoms with Crippen molar-refractivity contribution in [2.24, 2.45) is 0 Å². The average Bonchev–Trinajstić information content (AvgIpc) is 2.39. The summed E-state index contributed by atoms with van der Waals surface area (Å²) in [5, 5.41) is 3.43. The molecule has 1 saturated heterocycles. The molecule has 17 heavy (non-hydrogen) atoms. The van der Waals surface area contributed by atoms with E-state index in [-0.39, 0.29) is 6.42 Å². The molecule has 2 atom stereocenters. The van der Waals surface area contributed by atoms with Crippen LogP contribution in [0.15, 0.2) is 0 Å². The largest absolute Gasteiger partial charge is 0.389 e. The molecule has 0 aromatic heterocycles. The summed E-state index contributed by atoms with van der Waals surface area (Å²) >= 11 is 0. The van der Waals surface area contributed by atoms with Gasteiger partial charge in [-0.15, -0.1) is 0 Å². The van der Waals surface area contributed by atoms with Crippen LogP contribution in [0.25, 0.3) is 0 Å². The van der Waals surface area contributed by atoms with Crippen LogP contribution < -0.4 is 5.32 Å². The van der Waals surface area contributed by atoms with E-state index in [4.69, 9.17) is 0 Å². The molecule has 0 aromatic rings. The van der Waals surface area contributed by atoms with Crippen molar-refractivity contribution in [3.05, 3.63) is 0 Å². The number of hydrogen-bond acceptors (Lipinski definition) is 2. The number of rotatable bonds is 4. The number of nitrogens with zero attached hydrogens (tertiary/aromatic N) is 1. The fraction of sp³-hybridized carbons (Fsp3) is 1.00. The zero-order valence-electron chi connectivity index (χ0n) is 10.7. The normalized spacial score (nSPS) is 28.1. The van der Waals surface area contributed by atoms with Crippen LogP contribution in [-0.4, -0.2) is 42.8 Å². The fourth-order valence-corrected chi connectivity index (χ4v) is 2.27. The fourth-order valence-electron chi connectivity index (χ4n) is 2.27. The van der Waals surface area contributed by atoms with E-state index < -0.39 is 12.6 Å². The van der Waals surface area contributed by atoms with E-state index in [0.29, 0.717) is 18.6 Å². The highest BCUT2D eigenvalue weighted by atomic mass is 19.4. The Balaban J connectivity index is 2.37. The van der Waals surface area contributed by atoms with Crippen LogP contribution in [0.5, 0.6) is 0 Å². The van der Waals surface area contributed by atoms with Gasteiger partial charge in [0.2, 0.25) is 0 Å². The molecule has 0 aliphatic carbocycles. The summed E-state index contributed by atoms with van der Waals surface area (Å²) in [6.45, 7) is 6.61. The summed E-state index contributed by atoms with van der Waals surface area (Å²) in [6, 6.07) is 0.804. The van der Waals surface area contributed by atoms with Gasteiger partial charge in [0, 0.05) is 25.0 Å². The third-order valence-corrected chi connectivity index (χ3v) is 3.47. The molecule has 2 unspecified atom stereocenters. The van der Waals surface area contributed by atoms with Crippen molar-refractivity contribution >= 4 is 0 Å². The lowest BCUT2D eigenvalue weighted by atomic mass is 10.1. The average molecular weight is 252 g/mol. The van der Waals surface area contributed by atoms with Crippen LogP contribution in [0.4, 0.5) is 13.2 Å². The van der Waals surface area contributed by atoms with E-state index in [1.165, 1.54) is 0 Å². The molecule has 0 spiro atoms. The van der Waals surface area contributed by atoms with Gasteiger partial charge in [0.25, 0.3) is 0 Å². The molecule has 0 bridgehead atoms. The molecule has 0 amide bonds. The van der Waals surface area contributed by atoms with Crippen LogP contribution in [0.2, 0.25) is 0 Å². The third-order valence-electron chi connectivity index (χ3n) is 3.47. The second-order valence-electron chi connectivity index (χ2n) is 4.91. The van der Waals surface area contributed by atoms with E-state index >= 15 is 0 Å². The first kappa shape index (κ1) is 14.8. The van der Waals surface area contributed by atoms with Gasteiger partial charge in [-0.1, -0.05) is 6.92 Å². The van der Waals surface area contributed by atoms with Gasteiger partial charge in [0.05, 0.1) is 0 Å². The quantitative estimate of drug-likeness (QED) is 0.827. The Hall–Kier alpha value is -0.290. The zero-order chi connectivity index (χ0) is 12.9. The molecule has 0 saturated carbocycles. The van der Waals surface area contributed by atoms with Crippen LogP contribution in [0.1, 0.15) is 39.5 Å². The Kier molecular flexibility index (Phi) is 5.73. The summed E-state index contributed by atoms with van der Waals surface area (Å²) in [5.41, 5.74) is 0. The first-order valence-corrected chi connectivity index (χ1v) is 6.46. The van der Waals surface area contributed by atoms with E-state index in [9.17, 15) is 13.2 Å². The van der Waals surface area contributed by atoms with E-state index in [1.807, 2.05) is 0 Å². The number of hydrogen-bond donors (Lipinski definition) is 1. The van der Waals surface area contributed by atoms with Crippen molar-refractivity contribution in [1.82, 2.24) is 10.2 Å². The molecule has 1 N–H and O–H groups in total. The topological polar surface area (TPSA) is 15.3 Å². The summed E-state index contributed by atoms with van der Waals surface area (Å²) in [4.78, 5) is 2.19. The van der Waals surface area contributed by atoms with Crippen molar-refractivity contribution in [1.29, 1.82) is 0 Å². The van der Waals surface area contributed by atoms with Crippen LogP contribution >= 0.6 is 0 Å². The van der Waals surface area contributed by atoms with Crippen molar-refractivity contribution in [3.8, 4) is 0 Å². The predicted octanol–water partition coefficient (Wildman–Crippen LogP) is 2.79. The number of alkyl halides is 3. The van der Waals surface area contributed by atoms with E-state index in [1.54, 1.807) is 0 Å². The zero-order valence-corrected chi connectivity index (χ0v) is 10.7. The third kappa shape index (κ3) is 5.73. The summed E-state index contributed by atoms with van der Waals surface area (Å²) < 4.78 is 36.3. The molecule has 1 aliphatic heterocycles. The van der Waals surface area contributed by atoms with Gasteiger partial charge in [-0.3, -0.25) is 4.90 Å². The Morgan fingerprint density at radius 2 is 2.06 bits per heavy atom. The lowest BCUT2D eigenvalue weighted by Crippen LogP contribution is -2.40. The second-order valence-corrected chi connectivity index (χ2v) is 4.91. The van der Waals surface area contributed by atoms with Gasteiger partial charge in [0.15, 0.2) is 0 Å². The molecular weight excluding hydrogens is 229 g/mol. The molecule has 1 rings (SSSR count). The molecule has 1 heterocycles. The highest BCUT2D eigenvalue weighted by Gasteiger charge is 2.28. The first-order valence-electron chi connectivity index (χ1n) is 6.46. The highest BCUT2D eigenvalue weighted by Crippen LogP contribution is 2.22. The highest BCUT2D eigenvalue weighted by molar-refractivity contribution is 4.80. The first-order chi connectivity index (χ1) is 7.92. The Morgan fingerprint density at radius 1 is 1.35 bits per heavy atom. The second kappa shape index (κ2) is 6.59. The van der Waals surface area contributed by atoms with Crippen molar-refractivity contribution < 1.29 is 13.2 Å². The molecule has 2 nitrogen and oxygen atoms in total. The van der Waals surface area contributed by atoms with Gasteiger partial charge < -0.3 is 5.32 Å². The minimum atomic E-state index is -4.02. The Labute approximate surface area is 102 Å². The van der Waals surface area contributed by atoms with Crippen molar-refractivity contribution in [3.63, 3.8) is 0 Å². The summed E-state index contributed by atoms with van der Waals surface area (Å²) in [6.07, 6.45) is -2.42. The molecule has 1 fully saturated rings. The Morgan fingerprint density at radius 3 is 2.65 bits per heavy atom. The van der Waals surface area contributed by atoms with Gasteiger partial charge >= 0.3 is 6.18 Å². The van der Waals surface area contributed by atoms with Crippen LogP contribution in [-0.2, 0) is 0 Å². The molecule has 0 radical (unpaired) electrons. The standard InChI is InChI=1S/C12H23F3N2/c1-3-11-9-17(10(2)5-7-16-11)8-4-6-12(13,14)15/h10-11,16H,3-9H2,1-2H3. The van der Waals surface area contributed by atoms with Crippen LogP contribution in [0, 0.1) is 0 Å². The van der Waals surface area contributed by atoms with Crippen LogP contribution in [0.3, 0.4) is 0 Å². The minimum Gasteiger partial charge on any atom is -0.313 e. The van der Waals surface area contributed by atoms with Gasteiger partial charge in [-0.05, 0) is 39.3 Å². The number of nitrogens with one attached hydrogen (secondary N) is 1. The van der Waals surface area contributed by atoms with Crippen molar-refractivity contribution in [2.45, 2.75) is 57.8 Å². The molecule has 1 aliphatic rings. The molecule has 0 aromatic carbocycles. The predicted molar refractivity (Wildman–Crippen MR) is 63.0 cm³/mol. The Bertz CT molecular complexity index is 218. The maximum atomic E-state index is 12.1. The SMILES string of the molecule is CCC1CN(CCCC(F)(F)F)C(C)CCN1. The van der Waals surface area contributed by atoms with E-state index in [0.717, 1.165) is 25.9 Å². The lowest BCUT2D eigenvalue weighted by Gasteiger charge is -2.28.